The Hall–Kier alpha value is -1.10. The Kier molecular flexibility index (Phi) is 2.81. The number of hydrogen-bond donors (Lipinski definition) is 0. The highest BCUT2D eigenvalue weighted by Crippen LogP contribution is 2.60. The van der Waals surface area contributed by atoms with Gasteiger partial charge in [0.05, 0.1) is 23.6 Å². The van der Waals surface area contributed by atoms with Crippen molar-refractivity contribution in [1.82, 2.24) is 0 Å². The van der Waals surface area contributed by atoms with Crippen molar-refractivity contribution in [3.05, 3.63) is 28.0 Å². The van der Waals surface area contributed by atoms with Crippen LogP contribution in [0.4, 0.5) is 4.39 Å². The normalized spacial score (nSPS) is 27.8. The van der Waals surface area contributed by atoms with Gasteiger partial charge in [-0.3, -0.25) is 4.79 Å². The molecule has 0 amide bonds. The molecule has 0 bridgehead atoms. The number of ether oxygens (including phenoxy) is 2. The first kappa shape index (κ1) is 12.0. The fraction of sp³-hybridized carbons (Fsp3) is 0.462. The topological polar surface area (TPSA) is 35.5 Å². The molecule has 3 rings (SSSR count). The number of fused-ring (bicyclic) bond motifs is 3. The molecule has 1 aliphatic carbocycles. The average molecular weight is 315 g/mol. The van der Waals surface area contributed by atoms with E-state index < -0.39 is 0 Å². The molecule has 0 aromatic heterocycles. The summed E-state index contributed by atoms with van der Waals surface area (Å²) in [6.45, 7) is 2.64. The summed E-state index contributed by atoms with van der Waals surface area (Å²) in [6.07, 6.45) is 0. The van der Waals surface area contributed by atoms with E-state index in [1.165, 1.54) is 12.1 Å². The Morgan fingerprint density at radius 1 is 1.61 bits per heavy atom. The van der Waals surface area contributed by atoms with E-state index in [1.807, 2.05) is 0 Å². The number of carbonyl (C=O) groups is 1. The van der Waals surface area contributed by atoms with E-state index in [2.05, 4.69) is 15.9 Å². The molecule has 1 saturated carbocycles. The summed E-state index contributed by atoms with van der Waals surface area (Å²) in [6, 6.07) is 2.83. The van der Waals surface area contributed by atoms with Crippen molar-refractivity contribution in [3.8, 4) is 5.75 Å². The third-order valence-electron chi connectivity index (χ3n) is 3.54. The number of benzene rings is 1. The van der Waals surface area contributed by atoms with Gasteiger partial charge in [-0.15, -0.1) is 0 Å². The first-order chi connectivity index (χ1) is 8.63. The highest BCUT2D eigenvalue weighted by Gasteiger charge is 2.59. The Bertz CT molecular complexity index is 517. The van der Waals surface area contributed by atoms with E-state index >= 15 is 0 Å². The summed E-state index contributed by atoms with van der Waals surface area (Å²) >= 11 is 3.29. The molecular weight excluding hydrogens is 303 g/mol. The molecule has 18 heavy (non-hydrogen) atoms. The van der Waals surface area contributed by atoms with Crippen LogP contribution in [0.2, 0.25) is 0 Å². The van der Waals surface area contributed by atoms with E-state index in [0.29, 0.717) is 23.4 Å². The molecule has 3 nitrogen and oxygen atoms in total. The van der Waals surface area contributed by atoms with Gasteiger partial charge in [-0.1, -0.05) is 0 Å². The van der Waals surface area contributed by atoms with Crippen molar-refractivity contribution >= 4 is 21.9 Å². The van der Waals surface area contributed by atoms with Gasteiger partial charge in [-0.2, -0.15) is 0 Å². The van der Waals surface area contributed by atoms with Crippen LogP contribution in [-0.2, 0) is 9.53 Å². The van der Waals surface area contributed by atoms with Crippen LogP contribution >= 0.6 is 15.9 Å². The molecule has 1 aromatic rings. The molecule has 3 atom stereocenters. The Labute approximate surface area is 112 Å². The van der Waals surface area contributed by atoms with Crippen molar-refractivity contribution in [3.63, 3.8) is 0 Å². The summed E-state index contributed by atoms with van der Waals surface area (Å²) in [7, 11) is 0. The van der Waals surface area contributed by atoms with Crippen molar-refractivity contribution in [2.45, 2.75) is 12.8 Å². The van der Waals surface area contributed by atoms with Crippen molar-refractivity contribution in [1.29, 1.82) is 0 Å². The minimum atomic E-state index is -0.320. The molecule has 96 valence electrons. The largest absolute Gasteiger partial charge is 0.492 e. The predicted octanol–water partition coefficient (Wildman–Crippen LogP) is 2.87. The van der Waals surface area contributed by atoms with Crippen LogP contribution in [0, 0.1) is 17.7 Å². The average Bonchev–Trinajstić information content (AvgIpc) is 3.03. The maximum Gasteiger partial charge on any atom is 0.309 e. The number of esters is 1. The van der Waals surface area contributed by atoms with Gasteiger partial charge in [-0.05, 0) is 35.0 Å². The van der Waals surface area contributed by atoms with Gasteiger partial charge < -0.3 is 9.47 Å². The number of carbonyl (C=O) groups excluding carboxylic acids is 1. The number of rotatable bonds is 2. The lowest BCUT2D eigenvalue weighted by molar-refractivity contribution is -0.145. The van der Waals surface area contributed by atoms with Gasteiger partial charge in [-0.25, -0.2) is 4.39 Å². The summed E-state index contributed by atoms with van der Waals surface area (Å²) in [5.74, 6) is 0.123. The molecular formula is C13H12BrFO3. The van der Waals surface area contributed by atoms with Crippen molar-refractivity contribution < 1.29 is 18.7 Å². The summed E-state index contributed by atoms with van der Waals surface area (Å²) in [5.41, 5.74) is 0.774. The zero-order valence-electron chi connectivity index (χ0n) is 9.78. The highest BCUT2D eigenvalue weighted by molar-refractivity contribution is 9.10. The van der Waals surface area contributed by atoms with Gasteiger partial charge in [0.1, 0.15) is 11.6 Å². The fourth-order valence-electron chi connectivity index (χ4n) is 2.72. The molecule has 3 unspecified atom stereocenters. The lowest BCUT2D eigenvalue weighted by Gasteiger charge is -2.17. The fourth-order valence-corrected chi connectivity index (χ4v) is 3.29. The summed E-state index contributed by atoms with van der Waals surface area (Å²) in [5, 5.41) is 0. The van der Waals surface area contributed by atoms with Gasteiger partial charge in [0, 0.05) is 17.4 Å². The second-order valence-corrected chi connectivity index (χ2v) is 5.44. The second kappa shape index (κ2) is 4.23. The quantitative estimate of drug-likeness (QED) is 0.787. The maximum absolute atomic E-state index is 13.4. The second-order valence-electron chi connectivity index (χ2n) is 4.58. The smallest absolute Gasteiger partial charge is 0.309 e. The molecule has 1 aliphatic heterocycles. The summed E-state index contributed by atoms with van der Waals surface area (Å²) < 4.78 is 24.7. The molecule has 5 heteroatoms. The van der Waals surface area contributed by atoms with E-state index in [4.69, 9.17) is 9.47 Å². The van der Waals surface area contributed by atoms with Crippen LogP contribution in [0.25, 0.3) is 0 Å². The third-order valence-corrected chi connectivity index (χ3v) is 4.13. The Balaban J connectivity index is 1.93. The SMILES string of the molecule is CCOC(=O)C1C2COc3c(Br)cc(F)cc3C21. The molecule has 0 saturated heterocycles. The van der Waals surface area contributed by atoms with E-state index in [0.717, 1.165) is 5.56 Å². The molecule has 0 N–H and O–H groups in total. The highest BCUT2D eigenvalue weighted by atomic mass is 79.9. The standard InChI is InChI=1S/C13H12BrFO3/c1-2-17-13(16)11-8-5-18-12-7(10(8)11)3-6(15)4-9(12)14/h3-4,8,10-11H,2,5H2,1H3. The molecule has 1 fully saturated rings. The number of hydrogen-bond acceptors (Lipinski definition) is 3. The lowest BCUT2D eigenvalue weighted by atomic mass is 10.1. The van der Waals surface area contributed by atoms with Crippen LogP contribution in [0.1, 0.15) is 18.4 Å². The van der Waals surface area contributed by atoms with E-state index in [-0.39, 0.29) is 29.5 Å². The van der Waals surface area contributed by atoms with Crippen LogP contribution in [0.3, 0.4) is 0 Å². The third kappa shape index (κ3) is 1.72. The zero-order chi connectivity index (χ0) is 12.9. The predicted molar refractivity (Wildman–Crippen MR) is 65.9 cm³/mol. The van der Waals surface area contributed by atoms with Crippen LogP contribution in [0.5, 0.6) is 5.75 Å². The van der Waals surface area contributed by atoms with Gasteiger partial charge in [0.25, 0.3) is 0 Å². The molecule has 1 aromatic carbocycles. The molecule has 0 spiro atoms. The Morgan fingerprint density at radius 3 is 3.11 bits per heavy atom. The van der Waals surface area contributed by atoms with E-state index in [1.54, 1.807) is 6.92 Å². The summed E-state index contributed by atoms with van der Waals surface area (Å²) in [4.78, 5) is 11.8. The van der Waals surface area contributed by atoms with Crippen molar-refractivity contribution in [2.75, 3.05) is 13.2 Å². The monoisotopic (exact) mass is 314 g/mol. The molecule has 0 radical (unpaired) electrons. The molecule has 1 heterocycles. The first-order valence-corrected chi connectivity index (χ1v) is 6.71. The van der Waals surface area contributed by atoms with Crippen LogP contribution in [0.15, 0.2) is 16.6 Å². The number of halogens is 2. The lowest BCUT2D eigenvalue weighted by Crippen LogP contribution is -2.11. The minimum Gasteiger partial charge on any atom is -0.492 e. The van der Waals surface area contributed by atoms with Crippen LogP contribution in [-0.4, -0.2) is 19.2 Å². The van der Waals surface area contributed by atoms with Gasteiger partial charge >= 0.3 is 5.97 Å². The first-order valence-electron chi connectivity index (χ1n) is 5.92. The van der Waals surface area contributed by atoms with Crippen LogP contribution < -0.4 is 4.74 Å². The van der Waals surface area contributed by atoms with Gasteiger partial charge in [0.15, 0.2) is 0 Å². The minimum absolute atomic E-state index is 0.0415. The Morgan fingerprint density at radius 2 is 2.39 bits per heavy atom. The van der Waals surface area contributed by atoms with E-state index in [9.17, 15) is 9.18 Å². The van der Waals surface area contributed by atoms with Crippen molar-refractivity contribution in [2.24, 2.45) is 11.8 Å². The maximum atomic E-state index is 13.4. The molecule has 2 aliphatic rings. The zero-order valence-corrected chi connectivity index (χ0v) is 11.4. The van der Waals surface area contributed by atoms with Gasteiger partial charge in [0.2, 0.25) is 0 Å².